The molecular weight excluding hydrogens is 633 g/mol. The van der Waals surface area contributed by atoms with Gasteiger partial charge < -0.3 is 9.13 Å². The number of nitrogens with zero attached hydrogens (tertiary/aromatic N) is 4. The highest BCUT2D eigenvalue weighted by Gasteiger charge is 2.23. The molecule has 0 unspecified atom stereocenters. The molecule has 11 aromatic rings. The van der Waals surface area contributed by atoms with Crippen molar-refractivity contribution in [3.05, 3.63) is 169 Å². The Hall–Kier alpha value is -6.78. The summed E-state index contributed by atoms with van der Waals surface area (Å²) in [5, 5.41) is 9.53. The smallest absolute Gasteiger partial charge is 0.0979 e. The highest BCUT2D eigenvalue weighted by atomic mass is 15.0. The minimum Gasteiger partial charge on any atom is -0.308 e. The van der Waals surface area contributed by atoms with Crippen LogP contribution in [0.15, 0.2) is 158 Å². The first-order valence-electron chi connectivity index (χ1n) is 17.8. The van der Waals surface area contributed by atoms with Crippen LogP contribution in [0.25, 0.3) is 98.8 Å². The van der Waals surface area contributed by atoms with E-state index in [9.17, 15) is 0 Å². The first-order valence-corrected chi connectivity index (χ1v) is 17.8. The zero-order chi connectivity index (χ0) is 34.5. The quantitative estimate of drug-likeness (QED) is 0.176. The number of rotatable bonds is 3. The molecule has 52 heavy (non-hydrogen) atoms. The Morgan fingerprint density at radius 1 is 0.385 bits per heavy atom. The molecule has 0 saturated heterocycles. The molecule has 4 heteroatoms. The van der Waals surface area contributed by atoms with Crippen LogP contribution in [0.3, 0.4) is 0 Å². The molecule has 244 valence electrons. The fourth-order valence-corrected chi connectivity index (χ4v) is 8.60. The molecule has 0 aliphatic rings. The minimum absolute atomic E-state index is 0.830. The zero-order valence-corrected chi connectivity index (χ0v) is 28.8. The molecule has 0 spiro atoms. The first-order chi connectivity index (χ1) is 25.6. The molecule has 11 rings (SSSR count). The second kappa shape index (κ2) is 10.9. The molecule has 0 saturated carbocycles. The summed E-state index contributed by atoms with van der Waals surface area (Å²) in [7, 11) is 0. The molecule has 0 atom stereocenters. The molecular formula is C48H32N4. The number of para-hydroxylation sites is 4. The highest BCUT2D eigenvalue weighted by Crippen LogP contribution is 2.43. The van der Waals surface area contributed by atoms with E-state index in [4.69, 9.17) is 9.97 Å². The van der Waals surface area contributed by atoms with Crippen LogP contribution in [0.1, 0.15) is 11.1 Å². The minimum atomic E-state index is 0.830. The number of aryl methyl sites for hydroxylation is 2. The predicted octanol–water partition coefficient (Wildman–Crippen LogP) is 12.4. The maximum absolute atomic E-state index is 5.67. The van der Waals surface area contributed by atoms with E-state index in [1.165, 1.54) is 43.4 Å². The van der Waals surface area contributed by atoms with Crippen molar-refractivity contribution in [2.24, 2.45) is 0 Å². The number of hydrogen-bond donors (Lipinski definition) is 0. The molecule has 3 aromatic heterocycles. The second-order valence-corrected chi connectivity index (χ2v) is 14.0. The number of benzene rings is 8. The van der Waals surface area contributed by atoms with E-state index in [1.807, 2.05) is 6.20 Å². The number of hydrogen-bond acceptors (Lipinski definition) is 2. The van der Waals surface area contributed by atoms with Crippen molar-refractivity contribution >= 4 is 76.2 Å². The Bertz CT molecular complexity index is 3030. The van der Waals surface area contributed by atoms with Gasteiger partial charge >= 0.3 is 0 Å². The SMILES string of the molecule is Cc1ccc2c3ccc(C)cc3c3nc(-c4c(-n5c6ccccc6c6ccccc65)cccc4-n4c5ccccc5c5ccccc54)cnc3c2c1. The summed E-state index contributed by atoms with van der Waals surface area (Å²) < 4.78 is 4.82. The van der Waals surface area contributed by atoms with Crippen molar-refractivity contribution in [1.82, 2.24) is 19.1 Å². The Labute approximate surface area is 299 Å². The average Bonchev–Trinajstić information content (AvgIpc) is 3.70. The fraction of sp³-hybridized carbons (Fsp3) is 0.0417. The largest absolute Gasteiger partial charge is 0.308 e. The molecule has 3 heterocycles. The van der Waals surface area contributed by atoms with Gasteiger partial charge in [-0.1, -0.05) is 114 Å². The molecule has 0 N–H and O–H groups in total. The van der Waals surface area contributed by atoms with Gasteiger partial charge in [-0.3, -0.25) is 4.98 Å². The summed E-state index contributed by atoms with van der Waals surface area (Å²) in [6.45, 7) is 4.30. The van der Waals surface area contributed by atoms with Crippen LogP contribution in [-0.2, 0) is 0 Å². The van der Waals surface area contributed by atoms with Gasteiger partial charge in [-0.15, -0.1) is 0 Å². The normalized spacial score (nSPS) is 12.0. The van der Waals surface area contributed by atoms with Crippen LogP contribution in [-0.4, -0.2) is 19.1 Å². The Balaban J connectivity index is 1.33. The first kappa shape index (κ1) is 29.0. The van der Waals surface area contributed by atoms with Crippen molar-refractivity contribution in [2.75, 3.05) is 0 Å². The van der Waals surface area contributed by atoms with Gasteiger partial charge in [-0.05, 0) is 73.2 Å². The third-order valence-electron chi connectivity index (χ3n) is 10.8. The Kier molecular flexibility index (Phi) is 6.06. The summed E-state index contributed by atoms with van der Waals surface area (Å²) >= 11 is 0. The van der Waals surface area contributed by atoms with Crippen molar-refractivity contribution in [3.8, 4) is 22.6 Å². The van der Waals surface area contributed by atoms with E-state index in [-0.39, 0.29) is 0 Å². The van der Waals surface area contributed by atoms with Gasteiger partial charge in [-0.25, -0.2) is 4.98 Å². The van der Waals surface area contributed by atoms with Crippen molar-refractivity contribution in [2.45, 2.75) is 13.8 Å². The third-order valence-corrected chi connectivity index (χ3v) is 10.8. The van der Waals surface area contributed by atoms with Gasteiger partial charge in [0.05, 0.1) is 56.4 Å². The number of aromatic nitrogens is 4. The van der Waals surface area contributed by atoms with Crippen molar-refractivity contribution in [3.63, 3.8) is 0 Å². The highest BCUT2D eigenvalue weighted by molar-refractivity contribution is 6.23. The lowest BCUT2D eigenvalue weighted by atomic mass is 9.96. The van der Waals surface area contributed by atoms with E-state index in [2.05, 4.69) is 175 Å². The summed E-state index contributed by atoms with van der Waals surface area (Å²) in [5.74, 6) is 0. The van der Waals surface area contributed by atoms with E-state index in [1.54, 1.807) is 0 Å². The molecule has 4 nitrogen and oxygen atoms in total. The molecule has 0 radical (unpaired) electrons. The molecule has 0 fully saturated rings. The Morgan fingerprint density at radius 3 is 1.27 bits per heavy atom. The van der Waals surface area contributed by atoms with Crippen molar-refractivity contribution in [1.29, 1.82) is 0 Å². The van der Waals surface area contributed by atoms with Crippen LogP contribution < -0.4 is 0 Å². The summed E-state index contributed by atoms with van der Waals surface area (Å²) in [4.78, 5) is 11.0. The van der Waals surface area contributed by atoms with Crippen molar-refractivity contribution < 1.29 is 0 Å². The van der Waals surface area contributed by atoms with Crippen LogP contribution in [0, 0.1) is 13.8 Å². The summed E-state index contributed by atoms with van der Waals surface area (Å²) in [6, 6.07) is 54.9. The lowest BCUT2D eigenvalue weighted by Crippen LogP contribution is -2.05. The molecule has 0 aliphatic heterocycles. The van der Waals surface area contributed by atoms with Gasteiger partial charge in [0.15, 0.2) is 0 Å². The number of fused-ring (bicyclic) bond motifs is 12. The zero-order valence-electron chi connectivity index (χ0n) is 28.8. The van der Waals surface area contributed by atoms with Gasteiger partial charge in [0.2, 0.25) is 0 Å². The third kappa shape index (κ3) is 4.03. The second-order valence-electron chi connectivity index (χ2n) is 14.0. The molecule has 0 bridgehead atoms. The van der Waals surface area contributed by atoms with Gasteiger partial charge in [0.25, 0.3) is 0 Å². The summed E-state index contributed by atoms with van der Waals surface area (Å²) in [6.07, 6.45) is 2.00. The maximum atomic E-state index is 5.67. The lowest BCUT2D eigenvalue weighted by Gasteiger charge is -2.20. The van der Waals surface area contributed by atoms with Crippen LogP contribution in [0.5, 0.6) is 0 Å². The molecule has 0 aliphatic carbocycles. The van der Waals surface area contributed by atoms with E-state index in [0.717, 1.165) is 66.5 Å². The Morgan fingerprint density at radius 2 is 0.808 bits per heavy atom. The topological polar surface area (TPSA) is 35.6 Å². The van der Waals surface area contributed by atoms with Gasteiger partial charge in [0.1, 0.15) is 0 Å². The van der Waals surface area contributed by atoms with Crippen LogP contribution in [0.4, 0.5) is 0 Å². The fourth-order valence-electron chi connectivity index (χ4n) is 8.60. The standard InChI is InChI=1S/C48H32N4/c1-29-22-24-31-32-25-23-30(2)27-38(32)48-47(37(31)26-29)49-28-39(50-48)46-44(51-40-16-7-3-12-33(40)34-13-4-8-17-41(34)51)20-11-21-45(46)52-42-18-9-5-14-35(42)36-15-6-10-19-43(36)52/h3-28H,1-2H3. The molecule has 8 aromatic carbocycles. The van der Waals surface area contributed by atoms with E-state index >= 15 is 0 Å². The monoisotopic (exact) mass is 664 g/mol. The van der Waals surface area contributed by atoms with Gasteiger partial charge in [-0.2, -0.15) is 0 Å². The molecule has 0 amide bonds. The van der Waals surface area contributed by atoms with Gasteiger partial charge in [0, 0.05) is 37.9 Å². The van der Waals surface area contributed by atoms with Crippen LogP contribution in [0.2, 0.25) is 0 Å². The lowest BCUT2D eigenvalue weighted by molar-refractivity contribution is 1.13. The average molecular weight is 665 g/mol. The maximum Gasteiger partial charge on any atom is 0.0979 e. The van der Waals surface area contributed by atoms with E-state index < -0.39 is 0 Å². The van der Waals surface area contributed by atoms with E-state index in [0.29, 0.717) is 0 Å². The summed E-state index contributed by atoms with van der Waals surface area (Å²) in [5.41, 5.74) is 12.8. The van der Waals surface area contributed by atoms with Crippen LogP contribution >= 0.6 is 0 Å². The predicted molar refractivity (Wildman–Crippen MR) is 218 cm³/mol.